The average Bonchev–Trinajstić information content (AvgIpc) is 2.42. The highest BCUT2D eigenvalue weighted by molar-refractivity contribution is 5.43. The van der Waals surface area contributed by atoms with E-state index in [1.807, 2.05) is 39.1 Å². The zero-order valence-electron chi connectivity index (χ0n) is 12.5. The first-order valence-electron chi connectivity index (χ1n) is 6.68. The summed E-state index contributed by atoms with van der Waals surface area (Å²) in [5, 5.41) is 3.20. The highest BCUT2D eigenvalue weighted by Crippen LogP contribution is 2.30. The summed E-state index contributed by atoms with van der Waals surface area (Å²) < 4.78 is 16.5. The first kappa shape index (κ1) is 15.8. The number of hydrogen-bond donors (Lipinski definition) is 1. The van der Waals surface area contributed by atoms with Gasteiger partial charge < -0.3 is 19.5 Å². The number of ether oxygens (including phenoxy) is 3. The lowest BCUT2D eigenvalue weighted by atomic mass is 10.1. The monoisotopic (exact) mass is 267 g/mol. The molecule has 1 N–H and O–H groups in total. The normalized spacial score (nSPS) is 12.5. The van der Waals surface area contributed by atoms with Crippen molar-refractivity contribution >= 4 is 0 Å². The minimum absolute atomic E-state index is 0.226. The van der Waals surface area contributed by atoms with Crippen molar-refractivity contribution in [1.82, 2.24) is 5.32 Å². The Bertz CT molecular complexity index is 380. The van der Waals surface area contributed by atoms with Crippen LogP contribution in [0.1, 0.15) is 32.4 Å². The summed E-state index contributed by atoms with van der Waals surface area (Å²) in [6, 6.07) is 6.27. The highest BCUT2D eigenvalue weighted by atomic mass is 16.5. The summed E-state index contributed by atoms with van der Waals surface area (Å²) in [6.07, 6.45) is 0.226. The lowest BCUT2D eigenvalue weighted by Crippen LogP contribution is -2.13. The standard InChI is InChI=1S/C15H25NO3/c1-11(2)18-8-9-19-14-7-6-13(12(3)16-4)10-15(14)17-5/h6-7,10-12,16H,8-9H2,1-5H3. The Morgan fingerprint density at radius 2 is 1.84 bits per heavy atom. The van der Waals surface area contributed by atoms with Crippen molar-refractivity contribution in [3.8, 4) is 11.5 Å². The predicted octanol–water partition coefficient (Wildman–Crippen LogP) is 2.78. The zero-order chi connectivity index (χ0) is 14.3. The molecule has 1 aromatic rings. The fraction of sp³-hybridized carbons (Fsp3) is 0.600. The molecule has 0 saturated carbocycles. The molecule has 0 aliphatic heterocycles. The van der Waals surface area contributed by atoms with Crippen molar-refractivity contribution < 1.29 is 14.2 Å². The maximum atomic E-state index is 5.68. The molecule has 4 heteroatoms. The Labute approximate surface area is 116 Å². The van der Waals surface area contributed by atoms with Crippen LogP contribution in [-0.2, 0) is 4.74 Å². The molecule has 0 heterocycles. The van der Waals surface area contributed by atoms with Crippen LogP contribution in [0.4, 0.5) is 0 Å². The van der Waals surface area contributed by atoms with E-state index in [0.29, 0.717) is 13.2 Å². The van der Waals surface area contributed by atoms with Gasteiger partial charge in [0.1, 0.15) is 6.61 Å². The van der Waals surface area contributed by atoms with E-state index in [1.165, 1.54) is 5.56 Å². The summed E-state index contributed by atoms with van der Waals surface area (Å²) >= 11 is 0. The molecule has 1 unspecified atom stereocenters. The van der Waals surface area contributed by atoms with Gasteiger partial charge in [0, 0.05) is 6.04 Å². The van der Waals surface area contributed by atoms with E-state index in [-0.39, 0.29) is 12.1 Å². The molecule has 0 saturated heterocycles. The molecule has 0 aliphatic rings. The molecule has 0 aromatic heterocycles. The van der Waals surface area contributed by atoms with Crippen molar-refractivity contribution in [1.29, 1.82) is 0 Å². The van der Waals surface area contributed by atoms with Gasteiger partial charge in [0.05, 0.1) is 19.8 Å². The van der Waals surface area contributed by atoms with Gasteiger partial charge in [0.2, 0.25) is 0 Å². The van der Waals surface area contributed by atoms with Crippen molar-refractivity contribution in [2.45, 2.75) is 32.9 Å². The van der Waals surface area contributed by atoms with Gasteiger partial charge in [-0.05, 0) is 45.5 Å². The molecular weight excluding hydrogens is 242 g/mol. The lowest BCUT2D eigenvalue weighted by Gasteiger charge is -2.15. The minimum Gasteiger partial charge on any atom is -0.493 e. The largest absolute Gasteiger partial charge is 0.493 e. The fourth-order valence-electron chi connectivity index (χ4n) is 1.67. The van der Waals surface area contributed by atoms with Crippen LogP contribution >= 0.6 is 0 Å². The van der Waals surface area contributed by atoms with Gasteiger partial charge in [-0.3, -0.25) is 0 Å². The van der Waals surface area contributed by atoms with E-state index in [9.17, 15) is 0 Å². The Morgan fingerprint density at radius 3 is 2.42 bits per heavy atom. The van der Waals surface area contributed by atoms with E-state index >= 15 is 0 Å². The zero-order valence-corrected chi connectivity index (χ0v) is 12.5. The van der Waals surface area contributed by atoms with Gasteiger partial charge in [-0.25, -0.2) is 0 Å². The van der Waals surface area contributed by atoms with Crippen molar-refractivity contribution in [3.05, 3.63) is 23.8 Å². The van der Waals surface area contributed by atoms with E-state index in [4.69, 9.17) is 14.2 Å². The van der Waals surface area contributed by atoms with Crippen LogP contribution in [0.25, 0.3) is 0 Å². The molecule has 1 aromatic carbocycles. The first-order chi connectivity index (χ1) is 9.08. The molecule has 1 rings (SSSR count). The topological polar surface area (TPSA) is 39.7 Å². The second-order valence-electron chi connectivity index (χ2n) is 4.69. The molecular formula is C15H25NO3. The van der Waals surface area contributed by atoms with Gasteiger partial charge in [0.25, 0.3) is 0 Å². The number of rotatable bonds is 8. The van der Waals surface area contributed by atoms with Crippen molar-refractivity contribution in [3.63, 3.8) is 0 Å². The molecule has 4 nitrogen and oxygen atoms in total. The van der Waals surface area contributed by atoms with Crippen LogP contribution in [0, 0.1) is 0 Å². The predicted molar refractivity (Wildman–Crippen MR) is 77.1 cm³/mol. The fourth-order valence-corrected chi connectivity index (χ4v) is 1.67. The Hall–Kier alpha value is -1.26. The third kappa shape index (κ3) is 5.09. The second kappa shape index (κ2) is 8.02. The van der Waals surface area contributed by atoms with Crippen molar-refractivity contribution in [2.75, 3.05) is 27.4 Å². The molecule has 0 fully saturated rings. The lowest BCUT2D eigenvalue weighted by molar-refractivity contribution is 0.0547. The molecule has 108 valence electrons. The molecule has 1 atom stereocenters. The smallest absolute Gasteiger partial charge is 0.161 e. The molecule has 0 bridgehead atoms. The van der Waals surface area contributed by atoms with E-state index < -0.39 is 0 Å². The number of methoxy groups -OCH3 is 1. The first-order valence-corrected chi connectivity index (χ1v) is 6.68. The number of benzene rings is 1. The second-order valence-corrected chi connectivity index (χ2v) is 4.69. The van der Waals surface area contributed by atoms with Crippen LogP contribution < -0.4 is 14.8 Å². The number of hydrogen-bond acceptors (Lipinski definition) is 4. The summed E-state index contributed by atoms with van der Waals surface area (Å²) in [5.41, 5.74) is 1.17. The third-order valence-corrected chi connectivity index (χ3v) is 2.91. The maximum absolute atomic E-state index is 5.68. The number of nitrogens with one attached hydrogen (secondary N) is 1. The van der Waals surface area contributed by atoms with Crippen LogP contribution in [-0.4, -0.2) is 33.5 Å². The molecule has 0 aliphatic carbocycles. The summed E-state index contributed by atoms with van der Waals surface area (Å²) in [4.78, 5) is 0. The molecule has 0 amide bonds. The Morgan fingerprint density at radius 1 is 1.11 bits per heavy atom. The third-order valence-electron chi connectivity index (χ3n) is 2.91. The van der Waals surface area contributed by atoms with Gasteiger partial charge in [0.15, 0.2) is 11.5 Å². The molecule has 0 radical (unpaired) electrons. The Kier molecular flexibility index (Phi) is 6.67. The summed E-state index contributed by atoms with van der Waals surface area (Å²) in [5.74, 6) is 1.51. The molecule has 19 heavy (non-hydrogen) atoms. The summed E-state index contributed by atoms with van der Waals surface area (Å²) in [7, 11) is 3.59. The maximum Gasteiger partial charge on any atom is 0.161 e. The van der Waals surface area contributed by atoms with Crippen LogP contribution in [0.3, 0.4) is 0 Å². The van der Waals surface area contributed by atoms with Crippen molar-refractivity contribution in [2.24, 2.45) is 0 Å². The van der Waals surface area contributed by atoms with E-state index in [2.05, 4.69) is 12.2 Å². The average molecular weight is 267 g/mol. The Balaban J connectivity index is 2.63. The molecule has 0 spiro atoms. The van der Waals surface area contributed by atoms with Gasteiger partial charge in [-0.2, -0.15) is 0 Å². The van der Waals surface area contributed by atoms with Gasteiger partial charge in [-0.15, -0.1) is 0 Å². The quantitative estimate of drug-likeness (QED) is 0.735. The highest BCUT2D eigenvalue weighted by Gasteiger charge is 2.09. The van der Waals surface area contributed by atoms with Gasteiger partial charge >= 0.3 is 0 Å². The van der Waals surface area contributed by atoms with Crippen LogP contribution in [0.15, 0.2) is 18.2 Å². The van der Waals surface area contributed by atoms with Gasteiger partial charge in [-0.1, -0.05) is 6.07 Å². The summed E-state index contributed by atoms with van der Waals surface area (Å²) in [6.45, 7) is 7.22. The SMILES string of the molecule is CNC(C)c1ccc(OCCOC(C)C)c(OC)c1. The van der Waals surface area contributed by atoms with E-state index in [1.54, 1.807) is 7.11 Å². The van der Waals surface area contributed by atoms with E-state index in [0.717, 1.165) is 11.5 Å². The van der Waals surface area contributed by atoms with Crippen LogP contribution in [0.5, 0.6) is 11.5 Å². The van der Waals surface area contributed by atoms with Crippen LogP contribution in [0.2, 0.25) is 0 Å². The minimum atomic E-state index is 0.226.